The molecule has 0 radical (unpaired) electrons. The lowest BCUT2D eigenvalue weighted by molar-refractivity contribution is -0.147. The lowest BCUT2D eigenvalue weighted by Gasteiger charge is -2.25. The number of piperidine rings is 1. The van der Waals surface area contributed by atoms with Crippen molar-refractivity contribution in [3.8, 4) is 0 Å². The highest BCUT2D eigenvalue weighted by atomic mass is 79.9. The Bertz CT molecular complexity index is 617. The van der Waals surface area contributed by atoms with E-state index in [1.54, 1.807) is 7.05 Å². The van der Waals surface area contributed by atoms with Crippen molar-refractivity contribution in [3.05, 3.63) is 34.3 Å². The van der Waals surface area contributed by atoms with E-state index < -0.39 is 0 Å². The number of nitrogens with zero attached hydrogens (tertiary/aromatic N) is 2. The van der Waals surface area contributed by atoms with Gasteiger partial charge in [-0.1, -0.05) is 34.1 Å². The molecule has 1 aromatic rings. The number of likely N-dealkylation sites (tertiary alicyclic amines) is 1. The van der Waals surface area contributed by atoms with Gasteiger partial charge in [0.1, 0.15) is 0 Å². The lowest BCUT2D eigenvalue weighted by Crippen LogP contribution is -2.46. The molecule has 1 saturated heterocycles. The second kappa shape index (κ2) is 8.82. The van der Waals surface area contributed by atoms with E-state index in [0.717, 1.165) is 10.0 Å². The van der Waals surface area contributed by atoms with Gasteiger partial charge < -0.3 is 10.6 Å². The van der Waals surface area contributed by atoms with Crippen molar-refractivity contribution < 1.29 is 9.59 Å². The van der Waals surface area contributed by atoms with E-state index in [1.165, 1.54) is 4.90 Å². The summed E-state index contributed by atoms with van der Waals surface area (Å²) in [5.74, 6) is 0.463. The van der Waals surface area contributed by atoms with Crippen molar-refractivity contribution in [2.24, 2.45) is 4.99 Å². The summed E-state index contributed by atoms with van der Waals surface area (Å²) in [4.78, 5) is 29.1. The molecule has 0 spiro atoms. The number of hydrogen-bond acceptors (Lipinski definition) is 3. The maximum absolute atomic E-state index is 11.8. The van der Waals surface area contributed by atoms with Crippen LogP contribution in [0.4, 0.5) is 0 Å². The quantitative estimate of drug-likeness (QED) is 0.456. The van der Waals surface area contributed by atoms with Gasteiger partial charge >= 0.3 is 0 Å². The number of carbonyl (C=O) groups excluding carboxylic acids is 2. The molecular weight excluding hydrogens is 372 g/mol. The molecule has 1 aliphatic heterocycles. The number of halogens is 1. The van der Waals surface area contributed by atoms with Crippen molar-refractivity contribution in [1.82, 2.24) is 15.5 Å². The van der Waals surface area contributed by atoms with Gasteiger partial charge in [0.15, 0.2) is 5.96 Å². The zero-order valence-electron chi connectivity index (χ0n) is 14.0. The van der Waals surface area contributed by atoms with Crippen LogP contribution in [0.5, 0.6) is 0 Å². The van der Waals surface area contributed by atoms with E-state index in [2.05, 4.69) is 31.6 Å². The predicted molar refractivity (Wildman–Crippen MR) is 97.6 cm³/mol. The van der Waals surface area contributed by atoms with Gasteiger partial charge in [-0.25, -0.2) is 0 Å². The first kappa shape index (κ1) is 18.4. The van der Waals surface area contributed by atoms with E-state index in [4.69, 9.17) is 0 Å². The molecule has 7 heteroatoms. The van der Waals surface area contributed by atoms with Gasteiger partial charge in [0.2, 0.25) is 11.8 Å². The van der Waals surface area contributed by atoms with E-state index in [-0.39, 0.29) is 17.9 Å². The van der Waals surface area contributed by atoms with Gasteiger partial charge in [-0.2, -0.15) is 0 Å². The number of carbonyl (C=O) groups is 2. The second-order valence-electron chi connectivity index (χ2n) is 5.68. The topological polar surface area (TPSA) is 73.8 Å². The molecule has 2 amide bonds. The van der Waals surface area contributed by atoms with Crippen molar-refractivity contribution in [2.45, 2.75) is 32.2 Å². The van der Waals surface area contributed by atoms with Crippen LogP contribution in [0.3, 0.4) is 0 Å². The Hall–Kier alpha value is -1.89. The zero-order valence-corrected chi connectivity index (χ0v) is 15.6. The van der Waals surface area contributed by atoms with E-state index in [9.17, 15) is 9.59 Å². The van der Waals surface area contributed by atoms with Gasteiger partial charge in [-0.05, 0) is 25.0 Å². The van der Waals surface area contributed by atoms with Gasteiger partial charge in [-0.15, -0.1) is 0 Å². The molecule has 130 valence electrons. The van der Waals surface area contributed by atoms with Crippen molar-refractivity contribution in [2.75, 3.05) is 20.1 Å². The largest absolute Gasteiger partial charge is 0.355 e. The predicted octanol–water partition coefficient (Wildman–Crippen LogP) is 2.21. The molecule has 1 heterocycles. The molecule has 0 saturated carbocycles. The van der Waals surface area contributed by atoms with E-state index in [1.807, 2.05) is 31.2 Å². The third-order valence-corrected chi connectivity index (χ3v) is 4.68. The third-order valence-electron chi connectivity index (χ3n) is 3.96. The van der Waals surface area contributed by atoms with Crippen molar-refractivity contribution in [1.29, 1.82) is 0 Å². The molecule has 1 aliphatic rings. The number of imide groups is 1. The summed E-state index contributed by atoms with van der Waals surface area (Å²) >= 11 is 3.54. The van der Waals surface area contributed by atoms with Gasteiger partial charge in [0.05, 0.1) is 6.04 Å². The van der Waals surface area contributed by atoms with Crippen LogP contribution >= 0.6 is 15.9 Å². The van der Waals surface area contributed by atoms with Gasteiger partial charge in [0, 0.05) is 37.5 Å². The number of guanidine groups is 1. The number of aliphatic imine (C=N–C) groups is 1. The SMILES string of the molecule is CN=C(NCCN1C(=O)CCCC1=O)NC(C)c1ccccc1Br. The Labute approximate surface area is 150 Å². The maximum atomic E-state index is 11.8. The molecule has 24 heavy (non-hydrogen) atoms. The smallest absolute Gasteiger partial charge is 0.229 e. The average Bonchev–Trinajstić information content (AvgIpc) is 2.56. The number of nitrogens with one attached hydrogen (secondary N) is 2. The first-order valence-electron chi connectivity index (χ1n) is 8.07. The molecule has 2 rings (SSSR count). The molecular formula is C17H23BrN4O2. The molecule has 2 N–H and O–H groups in total. The number of amides is 2. The summed E-state index contributed by atoms with van der Waals surface area (Å²) in [7, 11) is 1.69. The lowest BCUT2D eigenvalue weighted by atomic mass is 10.1. The van der Waals surface area contributed by atoms with Crippen LogP contribution < -0.4 is 10.6 Å². The highest BCUT2D eigenvalue weighted by Gasteiger charge is 2.25. The Morgan fingerprint density at radius 3 is 2.58 bits per heavy atom. The zero-order chi connectivity index (χ0) is 17.5. The summed E-state index contributed by atoms with van der Waals surface area (Å²) in [6.45, 7) is 2.88. The minimum Gasteiger partial charge on any atom is -0.355 e. The summed E-state index contributed by atoms with van der Waals surface area (Å²) in [6.07, 6.45) is 1.57. The van der Waals surface area contributed by atoms with E-state index >= 15 is 0 Å². The van der Waals surface area contributed by atoms with Crippen molar-refractivity contribution >= 4 is 33.7 Å². The Morgan fingerprint density at radius 2 is 1.96 bits per heavy atom. The normalized spacial score (nSPS) is 17.0. The molecule has 6 nitrogen and oxygen atoms in total. The number of rotatable bonds is 5. The Balaban J connectivity index is 1.85. The van der Waals surface area contributed by atoms with Crippen LogP contribution in [0.2, 0.25) is 0 Å². The summed E-state index contributed by atoms with van der Waals surface area (Å²) in [6, 6.07) is 8.06. The maximum Gasteiger partial charge on any atom is 0.229 e. The fourth-order valence-corrected chi connectivity index (χ4v) is 3.27. The van der Waals surface area contributed by atoms with Crippen LogP contribution in [0.15, 0.2) is 33.7 Å². The molecule has 0 aliphatic carbocycles. The van der Waals surface area contributed by atoms with Gasteiger partial charge in [0.25, 0.3) is 0 Å². The Kier molecular flexibility index (Phi) is 6.78. The monoisotopic (exact) mass is 394 g/mol. The second-order valence-corrected chi connectivity index (χ2v) is 6.53. The minimum absolute atomic E-state index is 0.0602. The number of benzene rings is 1. The Morgan fingerprint density at radius 1 is 1.29 bits per heavy atom. The molecule has 1 atom stereocenters. The molecule has 0 aromatic heterocycles. The highest BCUT2D eigenvalue weighted by Crippen LogP contribution is 2.22. The van der Waals surface area contributed by atoms with Crippen LogP contribution in [-0.4, -0.2) is 42.8 Å². The van der Waals surface area contributed by atoms with Crippen LogP contribution in [-0.2, 0) is 9.59 Å². The van der Waals surface area contributed by atoms with Crippen molar-refractivity contribution in [3.63, 3.8) is 0 Å². The highest BCUT2D eigenvalue weighted by molar-refractivity contribution is 9.10. The summed E-state index contributed by atoms with van der Waals surface area (Å²) in [5, 5.41) is 6.46. The first-order chi connectivity index (χ1) is 11.5. The minimum atomic E-state index is -0.0856. The molecule has 0 bridgehead atoms. The summed E-state index contributed by atoms with van der Waals surface area (Å²) in [5.41, 5.74) is 1.13. The van der Waals surface area contributed by atoms with Gasteiger partial charge in [-0.3, -0.25) is 19.5 Å². The average molecular weight is 395 g/mol. The first-order valence-corrected chi connectivity index (χ1v) is 8.87. The molecule has 1 fully saturated rings. The molecule has 1 unspecified atom stereocenters. The fraction of sp³-hybridized carbons (Fsp3) is 0.471. The van der Waals surface area contributed by atoms with Crippen LogP contribution in [0.25, 0.3) is 0 Å². The summed E-state index contributed by atoms with van der Waals surface area (Å²) < 4.78 is 1.03. The molecule has 1 aromatic carbocycles. The van der Waals surface area contributed by atoms with E-state index in [0.29, 0.717) is 38.3 Å². The number of hydrogen-bond donors (Lipinski definition) is 2. The fourth-order valence-electron chi connectivity index (χ4n) is 2.64. The third kappa shape index (κ3) is 4.80. The standard InChI is InChI=1S/C17H23BrN4O2/c1-12(13-6-3-4-7-14(13)18)21-17(19-2)20-10-11-22-15(23)8-5-9-16(22)24/h3-4,6-7,12H,5,8-11H2,1-2H3,(H2,19,20,21). The van der Waals surface area contributed by atoms with Crippen LogP contribution in [0, 0.1) is 0 Å². The van der Waals surface area contributed by atoms with Crippen LogP contribution in [0.1, 0.15) is 37.8 Å².